The summed E-state index contributed by atoms with van der Waals surface area (Å²) in [4.78, 5) is 11.7. The third-order valence-electron chi connectivity index (χ3n) is 2.70. The zero-order valence-electron chi connectivity index (χ0n) is 9.83. The fourth-order valence-corrected chi connectivity index (χ4v) is 1.69. The lowest BCUT2D eigenvalue weighted by atomic mass is 9.97. The van der Waals surface area contributed by atoms with E-state index in [0.717, 1.165) is 11.1 Å². The minimum atomic E-state index is -0.0546. The largest absolute Gasteiger partial charge is 0.504 e. The molecule has 88 valence electrons. The van der Waals surface area contributed by atoms with Crippen molar-refractivity contribution in [2.45, 2.75) is 20.3 Å². The average Bonchev–Trinajstić information content (AvgIpc) is 2.24. The van der Waals surface area contributed by atoms with Crippen molar-refractivity contribution in [3.05, 3.63) is 22.8 Å². The van der Waals surface area contributed by atoms with Gasteiger partial charge in [0.25, 0.3) is 0 Å². The fourth-order valence-electron chi connectivity index (χ4n) is 1.69. The number of carbonyl (C=O) groups excluding carboxylic acids is 1. The molecule has 4 heteroatoms. The lowest BCUT2D eigenvalue weighted by Crippen LogP contribution is -2.10. The van der Waals surface area contributed by atoms with Gasteiger partial charge in [0.2, 0.25) is 0 Å². The van der Waals surface area contributed by atoms with Crippen LogP contribution in [-0.2, 0) is 0 Å². The van der Waals surface area contributed by atoms with E-state index in [-0.39, 0.29) is 18.0 Å². The molecular weight excluding hydrogens is 206 g/mol. The second-order valence-corrected chi connectivity index (χ2v) is 3.69. The Bertz CT molecular complexity index is 413. The highest BCUT2D eigenvalue weighted by atomic mass is 16.5. The van der Waals surface area contributed by atoms with Crippen LogP contribution in [0.3, 0.4) is 0 Å². The first-order chi connectivity index (χ1) is 7.52. The van der Waals surface area contributed by atoms with Crippen molar-refractivity contribution in [3.8, 4) is 11.5 Å². The topological polar surface area (TPSA) is 72.5 Å². The van der Waals surface area contributed by atoms with Crippen molar-refractivity contribution in [2.75, 3.05) is 13.7 Å². The summed E-state index contributed by atoms with van der Waals surface area (Å²) in [6, 6.07) is 1.44. The Morgan fingerprint density at radius 1 is 1.44 bits per heavy atom. The third-order valence-corrected chi connectivity index (χ3v) is 2.70. The molecular formula is C12H17NO3. The molecule has 0 amide bonds. The van der Waals surface area contributed by atoms with Crippen LogP contribution >= 0.6 is 0 Å². The smallest absolute Gasteiger partial charge is 0.164 e. The molecule has 0 aromatic heterocycles. The van der Waals surface area contributed by atoms with E-state index in [9.17, 15) is 9.90 Å². The number of nitrogens with two attached hydrogens (primary N) is 1. The van der Waals surface area contributed by atoms with Gasteiger partial charge in [-0.05, 0) is 37.6 Å². The molecule has 0 atom stereocenters. The zero-order valence-corrected chi connectivity index (χ0v) is 9.83. The molecule has 0 heterocycles. The summed E-state index contributed by atoms with van der Waals surface area (Å²) in [5.74, 6) is 0.355. The van der Waals surface area contributed by atoms with E-state index in [1.165, 1.54) is 13.2 Å². The summed E-state index contributed by atoms with van der Waals surface area (Å²) < 4.78 is 5.07. The van der Waals surface area contributed by atoms with Gasteiger partial charge in [-0.15, -0.1) is 0 Å². The van der Waals surface area contributed by atoms with Crippen LogP contribution in [0.1, 0.15) is 27.9 Å². The van der Waals surface area contributed by atoms with E-state index in [1.54, 1.807) is 0 Å². The Balaban J connectivity index is 3.28. The van der Waals surface area contributed by atoms with Crippen LogP contribution in [0.2, 0.25) is 0 Å². The number of ether oxygens (including phenoxy) is 1. The molecule has 0 aliphatic rings. The first-order valence-corrected chi connectivity index (χ1v) is 5.13. The number of hydrogen-bond donors (Lipinski definition) is 2. The van der Waals surface area contributed by atoms with Gasteiger partial charge in [0.15, 0.2) is 17.3 Å². The number of hydrogen-bond acceptors (Lipinski definition) is 4. The number of aromatic hydroxyl groups is 1. The first kappa shape index (κ1) is 12.5. The van der Waals surface area contributed by atoms with Crippen LogP contribution in [0, 0.1) is 13.8 Å². The fraction of sp³-hybridized carbons (Fsp3) is 0.417. The Hall–Kier alpha value is -1.55. The first-order valence-electron chi connectivity index (χ1n) is 5.13. The van der Waals surface area contributed by atoms with Crippen molar-refractivity contribution in [2.24, 2.45) is 5.73 Å². The van der Waals surface area contributed by atoms with Crippen molar-refractivity contribution in [3.63, 3.8) is 0 Å². The SMILES string of the molecule is COc1c(O)cc(C(=O)CCN)c(C)c1C. The van der Waals surface area contributed by atoms with E-state index in [0.29, 0.717) is 17.9 Å². The van der Waals surface area contributed by atoms with Crippen molar-refractivity contribution in [1.29, 1.82) is 0 Å². The number of Topliss-reactive ketones (excluding diaryl/α,β-unsaturated/α-hetero) is 1. The summed E-state index contributed by atoms with van der Waals surface area (Å²) in [5.41, 5.74) is 7.46. The molecule has 0 fully saturated rings. The Labute approximate surface area is 95.0 Å². The lowest BCUT2D eigenvalue weighted by Gasteiger charge is -2.13. The molecule has 3 N–H and O–H groups in total. The number of methoxy groups -OCH3 is 1. The number of phenols is 1. The summed E-state index contributed by atoms with van der Waals surface area (Å²) in [6.07, 6.45) is 0.284. The molecule has 0 bridgehead atoms. The van der Waals surface area contributed by atoms with E-state index >= 15 is 0 Å². The van der Waals surface area contributed by atoms with Crippen LogP contribution in [0.25, 0.3) is 0 Å². The molecule has 1 rings (SSSR count). The lowest BCUT2D eigenvalue weighted by molar-refractivity contribution is 0.0984. The van der Waals surface area contributed by atoms with Crippen LogP contribution in [0.15, 0.2) is 6.07 Å². The van der Waals surface area contributed by atoms with E-state index < -0.39 is 0 Å². The van der Waals surface area contributed by atoms with Gasteiger partial charge >= 0.3 is 0 Å². The molecule has 0 radical (unpaired) electrons. The summed E-state index contributed by atoms with van der Waals surface area (Å²) in [5, 5.41) is 9.71. The number of rotatable bonds is 4. The monoisotopic (exact) mass is 223 g/mol. The Morgan fingerprint density at radius 2 is 2.06 bits per heavy atom. The van der Waals surface area contributed by atoms with Crippen LogP contribution in [-0.4, -0.2) is 24.5 Å². The van der Waals surface area contributed by atoms with Gasteiger partial charge in [-0.1, -0.05) is 0 Å². The maximum absolute atomic E-state index is 11.7. The highest BCUT2D eigenvalue weighted by Gasteiger charge is 2.16. The highest BCUT2D eigenvalue weighted by molar-refractivity contribution is 5.98. The van der Waals surface area contributed by atoms with E-state index in [4.69, 9.17) is 10.5 Å². The van der Waals surface area contributed by atoms with Gasteiger partial charge in [0.1, 0.15) is 0 Å². The minimum absolute atomic E-state index is 0.00836. The maximum atomic E-state index is 11.7. The van der Waals surface area contributed by atoms with Crippen molar-refractivity contribution < 1.29 is 14.6 Å². The Kier molecular flexibility index (Phi) is 3.90. The normalized spacial score (nSPS) is 10.2. The quantitative estimate of drug-likeness (QED) is 0.759. The molecule has 4 nitrogen and oxygen atoms in total. The van der Waals surface area contributed by atoms with Gasteiger partial charge in [-0.25, -0.2) is 0 Å². The standard InChI is InChI=1S/C12H17NO3/c1-7-8(2)12(16-3)11(15)6-9(7)10(14)4-5-13/h6,15H,4-5,13H2,1-3H3. The highest BCUT2D eigenvalue weighted by Crippen LogP contribution is 2.34. The van der Waals surface area contributed by atoms with Gasteiger partial charge in [0, 0.05) is 12.0 Å². The van der Waals surface area contributed by atoms with Gasteiger partial charge in [-0.2, -0.15) is 0 Å². The van der Waals surface area contributed by atoms with E-state index in [1.807, 2.05) is 13.8 Å². The molecule has 0 saturated carbocycles. The summed E-state index contributed by atoms with van der Waals surface area (Å²) in [6.45, 7) is 3.96. The molecule has 1 aromatic rings. The second-order valence-electron chi connectivity index (χ2n) is 3.69. The van der Waals surface area contributed by atoms with Gasteiger partial charge in [0.05, 0.1) is 7.11 Å². The maximum Gasteiger partial charge on any atom is 0.164 e. The van der Waals surface area contributed by atoms with Gasteiger partial charge in [-0.3, -0.25) is 4.79 Å². The molecule has 0 unspecified atom stereocenters. The van der Waals surface area contributed by atoms with Crippen LogP contribution < -0.4 is 10.5 Å². The summed E-state index contributed by atoms with van der Waals surface area (Å²) in [7, 11) is 1.49. The number of ketones is 1. The second kappa shape index (κ2) is 4.99. The number of phenolic OH excluding ortho intramolecular Hbond substituents is 1. The minimum Gasteiger partial charge on any atom is -0.504 e. The molecule has 0 aliphatic heterocycles. The molecule has 0 aliphatic carbocycles. The average molecular weight is 223 g/mol. The molecule has 0 spiro atoms. The van der Waals surface area contributed by atoms with Crippen molar-refractivity contribution >= 4 is 5.78 Å². The molecule has 1 aromatic carbocycles. The Morgan fingerprint density at radius 3 is 2.56 bits per heavy atom. The third kappa shape index (κ3) is 2.17. The molecule has 16 heavy (non-hydrogen) atoms. The zero-order chi connectivity index (χ0) is 12.3. The predicted molar refractivity (Wildman–Crippen MR) is 62.1 cm³/mol. The number of carbonyl (C=O) groups is 1. The van der Waals surface area contributed by atoms with Gasteiger partial charge < -0.3 is 15.6 Å². The van der Waals surface area contributed by atoms with Crippen molar-refractivity contribution in [1.82, 2.24) is 0 Å². The number of benzene rings is 1. The van der Waals surface area contributed by atoms with Crippen LogP contribution in [0.4, 0.5) is 0 Å². The molecule has 0 saturated heterocycles. The van der Waals surface area contributed by atoms with Crippen LogP contribution in [0.5, 0.6) is 11.5 Å². The van der Waals surface area contributed by atoms with E-state index in [2.05, 4.69) is 0 Å². The predicted octanol–water partition coefficient (Wildman–Crippen LogP) is 1.55. The summed E-state index contributed by atoms with van der Waals surface area (Å²) >= 11 is 0.